The molecule has 8 heteroatoms. The molecule has 8 nitrogen and oxygen atoms in total. The summed E-state index contributed by atoms with van der Waals surface area (Å²) in [6.07, 6.45) is 0. The van der Waals surface area contributed by atoms with Crippen LogP contribution in [0.1, 0.15) is 23.0 Å². The van der Waals surface area contributed by atoms with Gasteiger partial charge in [0.05, 0.1) is 36.1 Å². The van der Waals surface area contributed by atoms with Gasteiger partial charge in [-0.2, -0.15) is 0 Å². The Morgan fingerprint density at radius 3 is 2.71 bits per heavy atom. The van der Waals surface area contributed by atoms with E-state index in [1.54, 1.807) is 13.0 Å². The lowest BCUT2D eigenvalue weighted by Crippen LogP contribution is -2.08. The number of hydrogen-bond donors (Lipinski definition) is 2. The fourth-order valence-electron chi connectivity index (χ4n) is 2.20. The number of benzene rings is 1. The zero-order valence-corrected chi connectivity index (χ0v) is 11.5. The van der Waals surface area contributed by atoms with Crippen molar-refractivity contribution in [2.45, 2.75) is 13.5 Å². The van der Waals surface area contributed by atoms with Crippen LogP contribution >= 0.6 is 0 Å². The van der Waals surface area contributed by atoms with Gasteiger partial charge in [0.15, 0.2) is 5.75 Å². The molecule has 0 amide bonds. The Labute approximate surface area is 119 Å². The van der Waals surface area contributed by atoms with Gasteiger partial charge in [-0.15, -0.1) is 0 Å². The first-order chi connectivity index (χ1) is 10.0. The van der Waals surface area contributed by atoms with E-state index in [2.05, 4.69) is 4.98 Å². The molecule has 0 fully saturated rings. The average molecular weight is 294 g/mol. The smallest absolute Gasteiger partial charge is 0.355 e. The van der Waals surface area contributed by atoms with Crippen LogP contribution in [0.2, 0.25) is 0 Å². The van der Waals surface area contributed by atoms with Gasteiger partial charge in [-0.05, 0) is 19.1 Å². The number of aromatic nitrogens is 1. The SMILES string of the molecule is CCOC(=O)c1[nH]c2ccc(OC)c([N+](=O)[O-])c2c1CO. The highest BCUT2D eigenvalue weighted by Crippen LogP contribution is 2.38. The summed E-state index contributed by atoms with van der Waals surface area (Å²) in [4.78, 5) is 25.3. The minimum Gasteiger partial charge on any atom is -0.490 e. The third-order valence-corrected chi connectivity index (χ3v) is 3.04. The van der Waals surface area contributed by atoms with Crippen molar-refractivity contribution in [2.75, 3.05) is 13.7 Å². The van der Waals surface area contributed by atoms with E-state index in [0.29, 0.717) is 5.52 Å². The summed E-state index contributed by atoms with van der Waals surface area (Å²) in [6.45, 7) is 1.26. The quantitative estimate of drug-likeness (QED) is 0.493. The Balaban J connectivity index is 2.80. The number of nitrogens with one attached hydrogen (secondary N) is 1. The first-order valence-corrected chi connectivity index (χ1v) is 6.19. The number of nitro groups is 1. The molecule has 0 aliphatic heterocycles. The Bertz CT molecular complexity index is 706. The zero-order chi connectivity index (χ0) is 15.6. The first-order valence-electron chi connectivity index (χ1n) is 6.19. The minimum atomic E-state index is -0.675. The van der Waals surface area contributed by atoms with Gasteiger partial charge in [0.25, 0.3) is 0 Å². The second-order valence-corrected chi connectivity index (χ2v) is 4.15. The van der Waals surface area contributed by atoms with Crippen LogP contribution in [-0.2, 0) is 11.3 Å². The van der Waals surface area contributed by atoms with E-state index in [9.17, 15) is 20.0 Å². The predicted molar refractivity (Wildman–Crippen MR) is 73.4 cm³/mol. The third-order valence-electron chi connectivity index (χ3n) is 3.04. The number of aliphatic hydroxyl groups is 1. The summed E-state index contributed by atoms with van der Waals surface area (Å²) in [5.74, 6) is -0.623. The number of methoxy groups -OCH3 is 1. The van der Waals surface area contributed by atoms with Crippen molar-refractivity contribution >= 4 is 22.6 Å². The molecule has 0 saturated carbocycles. The topological polar surface area (TPSA) is 115 Å². The number of esters is 1. The summed E-state index contributed by atoms with van der Waals surface area (Å²) in [5, 5.41) is 20.9. The molecule has 0 atom stereocenters. The summed E-state index contributed by atoms with van der Waals surface area (Å²) < 4.78 is 9.85. The van der Waals surface area contributed by atoms with Crippen LogP contribution in [0.15, 0.2) is 12.1 Å². The summed E-state index contributed by atoms with van der Waals surface area (Å²) in [7, 11) is 1.31. The molecule has 2 rings (SSSR count). The number of carbonyl (C=O) groups excluding carboxylic acids is 1. The van der Waals surface area contributed by atoms with E-state index >= 15 is 0 Å². The molecule has 0 bridgehead atoms. The van der Waals surface area contributed by atoms with Gasteiger partial charge in [0, 0.05) is 5.56 Å². The van der Waals surface area contributed by atoms with Gasteiger partial charge in [-0.1, -0.05) is 0 Å². The number of aromatic amines is 1. The van der Waals surface area contributed by atoms with Crippen LogP contribution in [0.4, 0.5) is 5.69 Å². The second kappa shape index (κ2) is 5.80. The molecule has 112 valence electrons. The average Bonchev–Trinajstić information content (AvgIpc) is 2.84. The van der Waals surface area contributed by atoms with E-state index in [4.69, 9.17) is 9.47 Å². The molecule has 1 aromatic carbocycles. The van der Waals surface area contributed by atoms with Gasteiger partial charge < -0.3 is 19.6 Å². The molecule has 1 heterocycles. The van der Waals surface area contributed by atoms with Crippen molar-refractivity contribution in [1.82, 2.24) is 4.98 Å². The maximum atomic E-state index is 11.9. The zero-order valence-electron chi connectivity index (χ0n) is 11.5. The van der Waals surface area contributed by atoms with Crippen molar-refractivity contribution in [1.29, 1.82) is 0 Å². The Morgan fingerprint density at radius 1 is 1.48 bits per heavy atom. The monoisotopic (exact) mass is 294 g/mol. The van der Waals surface area contributed by atoms with E-state index in [-0.39, 0.29) is 34.7 Å². The number of hydrogen-bond acceptors (Lipinski definition) is 6. The summed E-state index contributed by atoms with van der Waals surface area (Å²) in [6, 6.07) is 2.97. The summed E-state index contributed by atoms with van der Waals surface area (Å²) in [5.41, 5.74) is 0.181. The Hall–Kier alpha value is -2.61. The van der Waals surface area contributed by atoms with Crippen LogP contribution in [0.3, 0.4) is 0 Å². The molecule has 2 N–H and O–H groups in total. The Kier molecular flexibility index (Phi) is 4.08. The lowest BCUT2D eigenvalue weighted by molar-refractivity contribution is -0.384. The molecule has 0 spiro atoms. The number of carbonyl (C=O) groups is 1. The van der Waals surface area contributed by atoms with Crippen molar-refractivity contribution in [3.63, 3.8) is 0 Å². The van der Waals surface area contributed by atoms with Gasteiger partial charge in [-0.25, -0.2) is 4.79 Å². The van der Waals surface area contributed by atoms with Gasteiger partial charge in [0.2, 0.25) is 0 Å². The summed E-state index contributed by atoms with van der Waals surface area (Å²) >= 11 is 0. The number of nitro benzene ring substituents is 1. The lowest BCUT2D eigenvalue weighted by Gasteiger charge is -2.04. The van der Waals surface area contributed by atoms with Crippen LogP contribution in [0, 0.1) is 10.1 Å². The molecule has 0 radical (unpaired) electrons. The Morgan fingerprint density at radius 2 is 2.19 bits per heavy atom. The molecule has 0 aliphatic carbocycles. The van der Waals surface area contributed by atoms with Crippen LogP contribution < -0.4 is 4.74 Å². The van der Waals surface area contributed by atoms with E-state index < -0.39 is 17.5 Å². The fourth-order valence-corrected chi connectivity index (χ4v) is 2.20. The number of fused-ring (bicyclic) bond motifs is 1. The van der Waals surface area contributed by atoms with Gasteiger partial charge >= 0.3 is 11.7 Å². The van der Waals surface area contributed by atoms with Gasteiger partial charge in [-0.3, -0.25) is 10.1 Å². The highest BCUT2D eigenvalue weighted by atomic mass is 16.6. The molecule has 1 aromatic heterocycles. The molecular weight excluding hydrogens is 280 g/mol. The molecule has 21 heavy (non-hydrogen) atoms. The standard InChI is InChI=1S/C13H14N2O6/c1-3-21-13(17)11-7(6-16)10-8(14-11)4-5-9(20-2)12(10)15(18)19/h4-5,14,16H,3,6H2,1-2H3. The highest BCUT2D eigenvalue weighted by molar-refractivity contribution is 6.03. The van der Waals surface area contributed by atoms with E-state index in [1.807, 2.05) is 0 Å². The van der Waals surface area contributed by atoms with E-state index in [0.717, 1.165) is 0 Å². The van der Waals surface area contributed by atoms with Crippen molar-refractivity contribution in [3.8, 4) is 5.75 Å². The van der Waals surface area contributed by atoms with Crippen LogP contribution in [0.25, 0.3) is 10.9 Å². The van der Waals surface area contributed by atoms with E-state index in [1.165, 1.54) is 13.2 Å². The maximum Gasteiger partial charge on any atom is 0.355 e. The molecule has 2 aromatic rings. The first kappa shape index (κ1) is 14.8. The lowest BCUT2D eigenvalue weighted by atomic mass is 10.1. The van der Waals surface area contributed by atoms with Crippen molar-refractivity contribution in [3.05, 3.63) is 33.5 Å². The number of rotatable bonds is 5. The number of aliphatic hydroxyl groups excluding tert-OH is 1. The normalized spacial score (nSPS) is 10.6. The second-order valence-electron chi connectivity index (χ2n) is 4.15. The maximum absolute atomic E-state index is 11.9. The number of ether oxygens (including phenoxy) is 2. The van der Waals surface area contributed by atoms with Crippen molar-refractivity contribution in [2.24, 2.45) is 0 Å². The van der Waals surface area contributed by atoms with Crippen LogP contribution in [0.5, 0.6) is 5.75 Å². The minimum absolute atomic E-state index is 0.00528. The van der Waals surface area contributed by atoms with Gasteiger partial charge in [0.1, 0.15) is 5.69 Å². The largest absolute Gasteiger partial charge is 0.490 e. The molecule has 0 aliphatic rings. The third kappa shape index (κ3) is 2.40. The molecule has 0 saturated heterocycles. The molecule has 0 unspecified atom stereocenters. The fraction of sp³-hybridized carbons (Fsp3) is 0.308. The number of H-pyrrole nitrogens is 1. The predicted octanol–water partition coefficient (Wildman–Crippen LogP) is 1.75. The van der Waals surface area contributed by atoms with Crippen molar-refractivity contribution < 1.29 is 24.3 Å². The van der Waals surface area contributed by atoms with Crippen LogP contribution in [-0.4, -0.2) is 34.7 Å². The number of nitrogens with zero attached hydrogens (tertiary/aromatic N) is 1. The highest BCUT2D eigenvalue weighted by Gasteiger charge is 2.28. The molecular formula is C13H14N2O6.